The van der Waals surface area contributed by atoms with Crippen molar-refractivity contribution < 1.29 is 18.7 Å². The Labute approximate surface area is 167 Å². The van der Waals surface area contributed by atoms with E-state index < -0.39 is 0 Å². The van der Waals surface area contributed by atoms with Crippen molar-refractivity contribution in [3.8, 4) is 0 Å². The van der Waals surface area contributed by atoms with Crippen LogP contribution >= 0.6 is 11.3 Å². The smallest absolute Gasteiger partial charge is 0.341 e. The quantitative estimate of drug-likeness (QED) is 0.582. The van der Waals surface area contributed by atoms with Crippen LogP contribution in [0.3, 0.4) is 0 Å². The maximum Gasteiger partial charge on any atom is 0.341 e. The third-order valence-electron chi connectivity index (χ3n) is 5.30. The molecular formula is C22H23NO4S. The molecule has 3 aromatic rings. The van der Waals surface area contributed by atoms with Crippen molar-refractivity contribution in [2.75, 3.05) is 11.9 Å². The molecule has 0 radical (unpaired) electrons. The fraction of sp³-hybridized carbons (Fsp3) is 0.364. The number of furan rings is 1. The number of thiophene rings is 1. The van der Waals surface area contributed by atoms with Crippen LogP contribution in [0, 0.1) is 5.92 Å². The van der Waals surface area contributed by atoms with Crippen molar-refractivity contribution in [1.82, 2.24) is 0 Å². The fourth-order valence-corrected chi connectivity index (χ4v) is 5.11. The van der Waals surface area contributed by atoms with Crippen molar-refractivity contribution in [2.45, 2.75) is 39.5 Å². The zero-order chi connectivity index (χ0) is 19.7. The molecule has 0 saturated heterocycles. The van der Waals surface area contributed by atoms with E-state index in [1.807, 2.05) is 24.3 Å². The number of amides is 1. The Bertz CT molecular complexity index is 1000. The molecule has 2 heterocycles. The number of ether oxygens (including phenoxy) is 1. The number of esters is 1. The highest BCUT2D eigenvalue weighted by molar-refractivity contribution is 7.17. The van der Waals surface area contributed by atoms with Gasteiger partial charge in [0.1, 0.15) is 10.6 Å². The number of rotatable bonds is 5. The third-order valence-corrected chi connectivity index (χ3v) is 6.47. The van der Waals surface area contributed by atoms with Gasteiger partial charge in [-0.1, -0.05) is 31.5 Å². The Morgan fingerprint density at radius 1 is 1.29 bits per heavy atom. The number of carbonyl (C=O) groups is 2. The maximum absolute atomic E-state index is 12.8. The summed E-state index contributed by atoms with van der Waals surface area (Å²) in [5.41, 5.74) is 2.21. The molecule has 0 unspecified atom stereocenters. The maximum atomic E-state index is 12.8. The van der Waals surface area contributed by atoms with Crippen LogP contribution in [-0.2, 0) is 17.6 Å². The van der Waals surface area contributed by atoms with Gasteiger partial charge in [0.2, 0.25) is 0 Å². The van der Waals surface area contributed by atoms with Gasteiger partial charge in [-0.2, -0.15) is 0 Å². The predicted molar refractivity (Wildman–Crippen MR) is 110 cm³/mol. The highest BCUT2D eigenvalue weighted by Gasteiger charge is 2.30. The number of para-hydroxylation sites is 1. The van der Waals surface area contributed by atoms with E-state index in [0.717, 1.165) is 36.6 Å². The summed E-state index contributed by atoms with van der Waals surface area (Å²) in [5.74, 6) is 0.135. The summed E-state index contributed by atoms with van der Waals surface area (Å²) in [7, 11) is 0. The van der Waals surface area contributed by atoms with E-state index in [4.69, 9.17) is 9.15 Å². The van der Waals surface area contributed by atoms with Crippen LogP contribution < -0.4 is 5.32 Å². The van der Waals surface area contributed by atoms with Gasteiger partial charge in [-0.3, -0.25) is 4.79 Å². The highest BCUT2D eigenvalue weighted by Crippen LogP contribution is 2.41. The Morgan fingerprint density at radius 2 is 2.11 bits per heavy atom. The van der Waals surface area contributed by atoms with Gasteiger partial charge in [-0.05, 0) is 49.8 Å². The zero-order valence-electron chi connectivity index (χ0n) is 16.0. The summed E-state index contributed by atoms with van der Waals surface area (Å²) in [6.07, 6.45) is 3.97. The topological polar surface area (TPSA) is 68.5 Å². The SMILES string of the molecule is CCOC(=O)c1c(NC(=O)c2cc3ccccc3o2)sc2c1CC[C@@H](CC)C2. The van der Waals surface area contributed by atoms with E-state index in [0.29, 0.717) is 28.7 Å². The minimum Gasteiger partial charge on any atom is -0.462 e. The van der Waals surface area contributed by atoms with Gasteiger partial charge in [0.05, 0.1) is 12.2 Å². The molecule has 1 aromatic carbocycles. The van der Waals surface area contributed by atoms with E-state index >= 15 is 0 Å². The Kier molecular flexibility index (Phi) is 5.22. The van der Waals surface area contributed by atoms with E-state index in [1.54, 1.807) is 13.0 Å². The molecule has 0 bridgehead atoms. The molecule has 0 spiro atoms. The number of fused-ring (bicyclic) bond motifs is 2. The lowest BCUT2D eigenvalue weighted by atomic mass is 9.85. The Hall–Kier alpha value is -2.60. The average molecular weight is 397 g/mol. The number of hydrogen-bond donors (Lipinski definition) is 1. The first-order valence-electron chi connectivity index (χ1n) is 9.72. The normalized spacial score (nSPS) is 16.0. The molecule has 1 N–H and O–H groups in total. The number of carbonyl (C=O) groups excluding carboxylic acids is 2. The predicted octanol–water partition coefficient (Wildman–Crippen LogP) is 5.44. The second kappa shape index (κ2) is 7.80. The lowest BCUT2D eigenvalue weighted by molar-refractivity contribution is 0.0526. The van der Waals surface area contributed by atoms with Crippen molar-refractivity contribution in [1.29, 1.82) is 0 Å². The van der Waals surface area contributed by atoms with Gasteiger partial charge in [-0.15, -0.1) is 11.3 Å². The standard InChI is InChI=1S/C22H23NO4S/c1-3-13-9-10-15-18(11-13)28-21(19(15)22(25)26-4-2)23-20(24)17-12-14-7-5-6-8-16(14)27-17/h5-8,12-13H,3-4,9-11H2,1-2H3,(H,23,24)/t13-/m1/s1. The third kappa shape index (κ3) is 3.44. The van der Waals surface area contributed by atoms with Gasteiger partial charge in [0.25, 0.3) is 5.91 Å². The van der Waals surface area contributed by atoms with Crippen LogP contribution in [0.1, 0.15) is 58.0 Å². The molecule has 28 heavy (non-hydrogen) atoms. The minimum absolute atomic E-state index is 0.230. The molecule has 2 aromatic heterocycles. The highest BCUT2D eigenvalue weighted by atomic mass is 32.1. The van der Waals surface area contributed by atoms with E-state index in [2.05, 4.69) is 12.2 Å². The second-order valence-electron chi connectivity index (χ2n) is 7.05. The van der Waals surface area contributed by atoms with Gasteiger partial charge in [-0.25, -0.2) is 4.79 Å². The molecule has 1 aliphatic carbocycles. The van der Waals surface area contributed by atoms with E-state index in [-0.39, 0.29) is 17.6 Å². The molecule has 1 atom stereocenters. The molecule has 6 heteroatoms. The van der Waals surface area contributed by atoms with Crippen molar-refractivity contribution in [3.05, 3.63) is 52.1 Å². The summed E-state index contributed by atoms with van der Waals surface area (Å²) in [6, 6.07) is 9.20. The van der Waals surface area contributed by atoms with Crippen LogP contribution in [0.4, 0.5) is 5.00 Å². The first-order valence-corrected chi connectivity index (χ1v) is 10.5. The van der Waals surface area contributed by atoms with Crippen LogP contribution in [0.15, 0.2) is 34.7 Å². The number of anilines is 1. The first-order chi connectivity index (χ1) is 13.6. The lowest BCUT2D eigenvalue weighted by Gasteiger charge is -2.20. The van der Waals surface area contributed by atoms with E-state index in [1.165, 1.54) is 16.2 Å². The fourth-order valence-electron chi connectivity index (χ4n) is 3.77. The molecule has 0 fully saturated rings. The van der Waals surface area contributed by atoms with Gasteiger partial charge in [0, 0.05) is 10.3 Å². The molecule has 1 amide bonds. The number of hydrogen-bond acceptors (Lipinski definition) is 5. The minimum atomic E-state index is -0.366. The largest absolute Gasteiger partial charge is 0.462 e. The second-order valence-corrected chi connectivity index (χ2v) is 8.15. The van der Waals surface area contributed by atoms with Crippen LogP contribution in [0.25, 0.3) is 11.0 Å². The number of nitrogens with one attached hydrogen (secondary N) is 1. The first kappa shape index (κ1) is 18.7. The summed E-state index contributed by atoms with van der Waals surface area (Å²) in [6.45, 7) is 4.29. The summed E-state index contributed by atoms with van der Waals surface area (Å²) >= 11 is 1.49. The van der Waals surface area contributed by atoms with E-state index in [9.17, 15) is 9.59 Å². The molecule has 5 nitrogen and oxygen atoms in total. The zero-order valence-corrected chi connectivity index (χ0v) is 16.9. The Balaban J connectivity index is 1.67. The molecule has 1 aliphatic rings. The molecule has 146 valence electrons. The Morgan fingerprint density at radius 3 is 2.86 bits per heavy atom. The number of benzene rings is 1. The molecule has 4 rings (SSSR count). The lowest BCUT2D eigenvalue weighted by Crippen LogP contribution is -2.17. The van der Waals surface area contributed by atoms with Gasteiger partial charge in [0.15, 0.2) is 5.76 Å². The molecular weight excluding hydrogens is 374 g/mol. The summed E-state index contributed by atoms with van der Waals surface area (Å²) in [4.78, 5) is 26.6. The van der Waals surface area contributed by atoms with Gasteiger partial charge < -0.3 is 14.5 Å². The summed E-state index contributed by atoms with van der Waals surface area (Å²) in [5, 5.41) is 4.33. The summed E-state index contributed by atoms with van der Waals surface area (Å²) < 4.78 is 10.9. The monoisotopic (exact) mass is 397 g/mol. The van der Waals surface area contributed by atoms with Crippen LogP contribution in [0.5, 0.6) is 0 Å². The van der Waals surface area contributed by atoms with Crippen molar-refractivity contribution >= 4 is 39.2 Å². The van der Waals surface area contributed by atoms with Crippen LogP contribution in [0.2, 0.25) is 0 Å². The average Bonchev–Trinajstić information content (AvgIpc) is 3.28. The van der Waals surface area contributed by atoms with Crippen molar-refractivity contribution in [2.24, 2.45) is 5.92 Å². The van der Waals surface area contributed by atoms with Gasteiger partial charge >= 0.3 is 5.97 Å². The van der Waals surface area contributed by atoms with Crippen LogP contribution in [-0.4, -0.2) is 18.5 Å². The molecule has 0 saturated carbocycles. The van der Waals surface area contributed by atoms with Crippen molar-refractivity contribution in [3.63, 3.8) is 0 Å². The molecule has 0 aliphatic heterocycles.